The van der Waals surface area contributed by atoms with Gasteiger partial charge in [-0.05, 0) is 54.7 Å². The molecule has 0 unspecified atom stereocenters. The second kappa shape index (κ2) is 6.67. The lowest BCUT2D eigenvalue weighted by Crippen LogP contribution is -2.17. The average Bonchev–Trinajstić information content (AvgIpc) is 3.26. The number of para-hydroxylation sites is 1. The van der Waals surface area contributed by atoms with E-state index in [1.807, 2.05) is 0 Å². The molecule has 0 spiro atoms. The first-order chi connectivity index (χ1) is 12.7. The summed E-state index contributed by atoms with van der Waals surface area (Å²) in [5.41, 5.74) is 5.13. The van der Waals surface area contributed by atoms with E-state index in [9.17, 15) is 9.59 Å². The van der Waals surface area contributed by atoms with Gasteiger partial charge in [0.05, 0.1) is 31.0 Å². The summed E-state index contributed by atoms with van der Waals surface area (Å²) in [7, 11) is 1.32. The molecule has 0 saturated heterocycles. The van der Waals surface area contributed by atoms with Crippen LogP contribution in [0.4, 0.5) is 5.69 Å². The second-order valence-electron chi connectivity index (χ2n) is 6.49. The molecule has 0 fully saturated rings. The van der Waals surface area contributed by atoms with Crippen LogP contribution in [0.25, 0.3) is 11.0 Å². The van der Waals surface area contributed by atoms with E-state index in [0.717, 1.165) is 29.4 Å². The first kappa shape index (κ1) is 16.4. The van der Waals surface area contributed by atoms with Crippen molar-refractivity contribution in [2.24, 2.45) is 0 Å². The number of fused-ring (bicyclic) bond motifs is 2. The van der Waals surface area contributed by atoms with Gasteiger partial charge in [0.2, 0.25) is 5.91 Å². The number of aryl methyl sites for hydroxylation is 2. The summed E-state index contributed by atoms with van der Waals surface area (Å²) >= 11 is 0. The molecule has 132 valence electrons. The highest BCUT2D eigenvalue weighted by Crippen LogP contribution is 2.30. The molecule has 1 aliphatic carbocycles. The molecule has 0 radical (unpaired) electrons. The molecule has 0 atom stereocenters. The number of ether oxygens (including phenoxy) is 1. The van der Waals surface area contributed by atoms with Crippen LogP contribution in [0.2, 0.25) is 0 Å². The molecule has 2 aromatic carbocycles. The van der Waals surface area contributed by atoms with Crippen LogP contribution in [0.1, 0.15) is 33.5 Å². The highest BCUT2D eigenvalue weighted by Gasteiger charge is 2.18. The van der Waals surface area contributed by atoms with E-state index in [0.29, 0.717) is 11.3 Å². The van der Waals surface area contributed by atoms with Gasteiger partial charge in [0.1, 0.15) is 5.58 Å². The maximum atomic E-state index is 12.5. The van der Waals surface area contributed by atoms with E-state index in [-0.39, 0.29) is 12.3 Å². The lowest BCUT2D eigenvalue weighted by atomic mass is 10.0. The molecule has 5 heteroatoms. The van der Waals surface area contributed by atoms with Crippen LogP contribution in [0.3, 0.4) is 0 Å². The fraction of sp³-hybridized carbons (Fsp3) is 0.238. The van der Waals surface area contributed by atoms with E-state index in [2.05, 4.69) is 17.4 Å². The van der Waals surface area contributed by atoms with Crippen LogP contribution >= 0.6 is 0 Å². The fourth-order valence-corrected chi connectivity index (χ4v) is 3.53. The van der Waals surface area contributed by atoms with Crippen LogP contribution in [0, 0.1) is 0 Å². The Morgan fingerprint density at radius 1 is 1.15 bits per heavy atom. The quantitative estimate of drug-likeness (QED) is 0.726. The van der Waals surface area contributed by atoms with Crippen molar-refractivity contribution < 1.29 is 18.7 Å². The summed E-state index contributed by atoms with van der Waals surface area (Å²) in [6.45, 7) is 0. The summed E-state index contributed by atoms with van der Waals surface area (Å²) in [5, 5.41) is 3.79. The summed E-state index contributed by atoms with van der Waals surface area (Å²) in [4.78, 5) is 24.3. The number of anilines is 1. The Bertz CT molecular complexity index is 1000. The van der Waals surface area contributed by atoms with Crippen LogP contribution < -0.4 is 5.32 Å². The van der Waals surface area contributed by atoms with Crippen molar-refractivity contribution in [3.8, 4) is 0 Å². The largest absolute Gasteiger partial charge is 0.465 e. The minimum absolute atomic E-state index is 0.182. The third-order valence-corrected chi connectivity index (χ3v) is 4.83. The van der Waals surface area contributed by atoms with Gasteiger partial charge in [-0.25, -0.2) is 4.79 Å². The minimum Gasteiger partial charge on any atom is -0.465 e. The number of methoxy groups -OCH3 is 1. The zero-order valence-electron chi connectivity index (χ0n) is 14.5. The first-order valence-electron chi connectivity index (χ1n) is 8.65. The average molecular weight is 349 g/mol. The molecule has 26 heavy (non-hydrogen) atoms. The Kier molecular flexibility index (Phi) is 4.21. The number of hydrogen-bond donors (Lipinski definition) is 1. The minimum atomic E-state index is -0.481. The highest BCUT2D eigenvalue weighted by molar-refractivity contribution is 6.02. The van der Waals surface area contributed by atoms with Gasteiger partial charge in [0.15, 0.2) is 0 Å². The Morgan fingerprint density at radius 3 is 2.73 bits per heavy atom. The molecule has 5 nitrogen and oxygen atoms in total. The Morgan fingerprint density at radius 2 is 1.92 bits per heavy atom. The van der Waals surface area contributed by atoms with E-state index in [4.69, 9.17) is 9.15 Å². The van der Waals surface area contributed by atoms with Gasteiger partial charge >= 0.3 is 5.97 Å². The lowest BCUT2D eigenvalue weighted by molar-refractivity contribution is -0.115. The molecule has 0 bridgehead atoms. The molecule has 4 rings (SSSR count). The van der Waals surface area contributed by atoms with E-state index < -0.39 is 5.97 Å². The number of rotatable bonds is 4. The van der Waals surface area contributed by atoms with Crippen molar-refractivity contribution >= 4 is 28.5 Å². The maximum Gasteiger partial charge on any atom is 0.339 e. The Balaban J connectivity index is 1.56. The molecular weight excluding hydrogens is 330 g/mol. The van der Waals surface area contributed by atoms with Crippen LogP contribution in [-0.4, -0.2) is 19.0 Å². The molecule has 1 heterocycles. The smallest absolute Gasteiger partial charge is 0.339 e. The van der Waals surface area contributed by atoms with Crippen molar-refractivity contribution in [3.05, 3.63) is 64.9 Å². The van der Waals surface area contributed by atoms with Crippen LogP contribution in [-0.2, 0) is 28.8 Å². The summed E-state index contributed by atoms with van der Waals surface area (Å²) in [6, 6.07) is 11.0. The standard InChI is InChI=1S/C21H19NO4/c1-25-21(24)16-7-2-3-8-18(16)22-20(23)11-15-12-26-19-10-14-6-4-5-13(14)9-17(15)19/h2-3,7-10,12H,4-6,11H2,1H3,(H,22,23). The normalized spacial score (nSPS) is 12.8. The summed E-state index contributed by atoms with van der Waals surface area (Å²) in [6.07, 6.45) is 5.16. The van der Waals surface area contributed by atoms with Gasteiger partial charge in [-0.2, -0.15) is 0 Å². The lowest BCUT2D eigenvalue weighted by Gasteiger charge is -2.09. The Hall–Kier alpha value is -3.08. The van der Waals surface area contributed by atoms with E-state index >= 15 is 0 Å². The predicted molar refractivity (Wildman–Crippen MR) is 98.4 cm³/mol. The van der Waals surface area contributed by atoms with Crippen molar-refractivity contribution in [1.82, 2.24) is 0 Å². The third-order valence-electron chi connectivity index (χ3n) is 4.83. The number of carbonyl (C=O) groups excluding carboxylic acids is 2. The zero-order chi connectivity index (χ0) is 18.1. The zero-order valence-corrected chi connectivity index (χ0v) is 14.5. The van der Waals surface area contributed by atoms with E-state index in [1.54, 1.807) is 30.5 Å². The number of hydrogen-bond acceptors (Lipinski definition) is 4. The van der Waals surface area contributed by atoms with Gasteiger partial charge in [0, 0.05) is 10.9 Å². The number of amides is 1. The second-order valence-corrected chi connectivity index (χ2v) is 6.49. The monoisotopic (exact) mass is 349 g/mol. The molecule has 1 aromatic heterocycles. The number of carbonyl (C=O) groups is 2. The van der Waals surface area contributed by atoms with Crippen molar-refractivity contribution in [1.29, 1.82) is 0 Å². The van der Waals surface area contributed by atoms with E-state index in [1.165, 1.54) is 24.7 Å². The van der Waals surface area contributed by atoms with Gasteiger partial charge in [-0.15, -0.1) is 0 Å². The summed E-state index contributed by atoms with van der Waals surface area (Å²) in [5.74, 6) is -0.685. The third kappa shape index (κ3) is 2.96. The number of furan rings is 1. The molecule has 0 aliphatic heterocycles. The van der Waals surface area contributed by atoms with Crippen LogP contribution in [0.15, 0.2) is 47.1 Å². The number of benzene rings is 2. The molecular formula is C21H19NO4. The van der Waals surface area contributed by atoms with Gasteiger partial charge in [0.25, 0.3) is 0 Å². The van der Waals surface area contributed by atoms with Crippen LogP contribution in [0.5, 0.6) is 0 Å². The Labute approximate surface area is 150 Å². The van der Waals surface area contributed by atoms with Gasteiger partial charge in [-0.3, -0.25) is 4.79 Å². The highest BCUT2D eigenvalue weighted by atomic mass is 16.5. The molecule has 3 aromatic rings. The number of esters is 1. The van der Waals surface area contributed by atoms with Gasteiger partial charge < -0.3 is 14.5 Å². The summed E-state index contributed by atoms with van der Waals surface area (Å²) < 4.78 is 10.4. The molecule has 1 amide bonds. The molecule has 1 aliphatic rings. The molecule has 0 saturated carbocycles. The SMILES string of the molecule is COC(=O)c1ccccc1NC(=O)Cc1coc2cc3c(cc12)CCC3. The fourth-order valence-electron chi connectivity index (χ4n) is 3.53. The predicted octanol–water partition coefficient (Wildman–Crippen LogP) is 3.89. The van der Waals surface area contributed by atoms with Crippen molar-refractivity contribution in [2.45, 2.75) is 25.7 Å². The number of nitrogens with one attached hydrogen (secondary N) is 1. The topological polar surface area (TPSA) is 68.5 Å². The molecule has 1 N–H and O–H groups in total. The van der Waals surface area contributed by atoms with Crippen molar-refractivity contribution in [3.63, 3.8) is 0 Å². The van der Waals surface area contributed by atoms with Crippen molar-refractivity contribution in [2.75, 3.05) is 12.4 Å². The maximum absolute atomic E-state index is 12.5. The first-order valence-corrected chi connectivity index (χ1v) is 8.65. The van der Waals surface area contributed by atoms with Gasteiger partial charge in [-0.1, -0.05) is 12.1 Å².